The molecular formula is C18H20N6O3. The van der Waals surface area contributed by atoms with Crippen LogP contribution in [0.2, 0.25) is 0 Å². The maximum atomic E-state index is 12.5. The van der Waals surface area contributed by atoms with Gasteiger partial charge in [0.05, 0.1) is 7.11 Å². The summed E-state index contributed by atoms with van der Waals surface area (Å²) < 4.78 is 10.4. The molecule has 0 aliphatic carbocycles. The number of carbonyl (C=O) groups is 1. The highest BCUT2D eigenvalue weighted by Gasteiger charge is 2.27. The summed E-state index contributed by atoms with van der Waals surface area (Å²) in [6, 6.07) is 8.06. The van der Waals surface area contributed by atoms with Crippen LogP contribution in [0.4, 0.5) is 0 Å². The van der Waals surface area contributed by atoms with Crippen molar-refractivity contribution in [3.63, 3.8) is 0 Å². The molecule has 0 bridgehead atoms. The Morgan fingerprint density at radius 1 is 1.37 bits per heavy atom. The molecule has 1 N–H and O–H groups in total. The number of hydrogen-bond acceptors (Lipinski definition) is 7. The minimum absolute atomic E-state index is 0.102. The molecule has 1 fully saturated rings. The van der Waals surface area contributed by atoms with E-state index in [4.69, 9.17) is 9.26 Å². The van der Waals surface area contributed by atoms with E-state index in [-0.39, 0.29) is 5.91 Å². The van der Waals surface area contributed by atoms with E-state index in [1.165, 1.54) is 11.9 Å². The Morgan fingerprint density at radius 3 is 2.96 bits per heavy atom. The highest BCUT2D eigenvalue weighted by atomic mass is 16.5. The van der Waals surface area contributed by atoms with Crippen molar-refractivity contribution in [2.24, 2.45) is 0 Å². The van der Waals surface area contributed by atoms with E-state index in [9.17, 15) is 4.79 Å². The van der Waals surface area contributed by atoms with Crippen molar-refractivity contribution >= 4 is 5.91 Å². The minimum Gasteiger partial charge on any atom is -0.497 e. The fraction of sp³-hybridized carbons (Fsp3) is 0.389. The minimum atomic E-state index is 0.102. The second-order valence-electron chi connectivity index (χ2n) is 6.44. The van der Waals surface area contributed by atoms with Gasteiger partial charge in [-0.05, 0) is 24.1 Å². The number of aryl methyl sites for hydroxylation is 1. The average Bonchev–Trinajstić information content (AvgIpc) is 3.47. The Bertz CT molecular complexity index is 890. The van der Waals surface area contributed by atoms with Gasteiger partial charge in [-0.1, -0.05) is 17.3 Å². The van der Waals surface area contributed by atoms with Gasteiger partial charge in [0.25, 0.3) is 0 Å². The van der Waals surface area contributed by atoms with E-state index in [1.807, 2.05) is 17.0 Å². The Balaban J connectivity index is 1.30. The third-order valence-electron chi connectivity index (χ3n) is 4.78. The predicted octanol–water partition coefficient (Wildman–Crippen LogP) is 1.81. The van der Waals surface area contributed by atoms with Crippen molar-refractivity contribution < 1.29 is 14.1 Å². The van der Waals surface area contributed by atoms with Crippen LogP contribution in [0.25, 0.3) is 11.6 Å². The van der Waals surface area contributed by atoms with E-state index in [0.717, 1.165) is 25.3 Å². The Labute approximate surface area is 155 Å². The number of benzene rings is 1. The summed E-state index contributed by atoms with van der Waals surface area (Å²) in [4.78, 5) is 22.6. The Hall–Kier alpha value is -3.23. The number of aromatic nitrogens is 5. The van der Waals surface area contributed by atoms with Crippen LogP contribution in [0.5, 0.6) is 5.75 Å². The predicted molar refractivity (Wildman–Crippen MR) is 94.9 cm³/mol. The average molecular weight is 368 g/mol. The third kappa shape index (κ3) is 3.81. The number of amides is 1. The van der Waals surface area contributed by atoms with E-state index in [0.29, 0.717) is 36.3 Å². The highest BCUT2D eigenvalue weighted by molar-refractivity contribution is 5.76. The molecule has 1 atom stereocenters. The zero-order chi connectivity index (χ0) is 18.6. The fourth-order valence-corrected chi connectivity index (χ4v) is 3.27. The first-order valence-corrected chi connectivity index (χ1v) is 8.83. The van der Waals surface area contributed by atoms with Crippen molar-refractivity contribution in [2.75, 3.05) is 20.2 Å². The van der Waals surface area contributed by atoms with Crippen molar-refractivity contribution in [3.8, 4) is 17.4 Å². The smallest absolute Gasteiger partial charge is 0.239 e. The summed E-state index contributed by atoms with van der Waals surface area (Å²) in [5.41, 5.74) is 1.24. The molecular weight excluding hydrogens is 348 g/mol. The summed E-state index contributed by atoms with van der Waals surface area (Å²) in [7, 11) is 1.66. The van der Waals surface area contributed by atoms with Gasteiger partial charge in [0.15, 0.2) is 5.82 Å². The summed E-state index contributed by atoms with van der Waals surface area (Å²) in [6.07, 6.45) is 3.09. The SMILES string of the molecule is COc1ccc(C2CCN(C(=O)CCc3nc(-c4ncn[nH]4)no3)C2)cc1. The molecule has 0 spiro atoms. The molecule has 1 saturated heterocycles. The lowest BCUT2D eigenvalue weighted by Crippen LogP contribution is -2.28. The van der Waals surface area contributed by atoms with Crippen LogP contribution in [0.3, 0.4) is 0 Å². The first-order valence-electron chi connectivity index (χ1n) is 8.83. The summed E-state index contributed by atoms with van der Waals surface area (Å²) in [5, 5.41) is 10.3. The fourth-order valence-electron chi connectivity index (χ4n) is 3.27. The molecule has 0 saturated carbocycles. The number of methoxy groups -OCH3 is 1. The van der Waals surface area contributed by atoms with Gasteiger partial charge in [-0.15, -0.1) is 0 Å². The zero-order valence-corrected chi connectivity index (χ0v) is 15.0. The van der Waals surface area contributed by atoms with Crippen LogP contribution in [-0.2, 0) is 11.2 Å². The first-order chi connectivity index (χ1) is 13.2. The topological polar surface area (TPSA) is 110 Å². The number of nitrogens with zero attached hydrogens (tertiary/aromatic N) is 5. The summed E-state index contributed by atoms with van der Waals surface area (Å²) >= 11 is 0. The largest absolute Gasteiger partial charge is 0.497 e. The maximum Gasteiger partial charge on any atom is 0.239 e. The van der Waals surface area contributed by atoms with Crippen LogP contribution < -0.4 is 4.74 Å². The van der Waals surface area contributed by atoms with Crippen LogP contribution in [0.1, 0.15) is 30.2 Å². The lowest BCUT2D eigenvalue weighted by Gasteiger charge is -2.16. The number of rotatable bonds is 6. The third-order valence-corrected chi connectivity index (χ3v) is 4.78. The molecule has 1 amide bonds. The van der Waals surface area contributed by atoms with Crippen molar-refractivity contribution in [2.45, 2.75) is 25.2 Å². The molecule has 2 aromatic heterocycles. The maximum absolute atomic E-state index is 12.5. The number of aromatic amines is 1. The Kier molecular flexibility index (Phi) is 4.82. The number of H-pyrrole nitrogens is 1. The van der Waals surface area contributed by atoms with Crippen molar-refractivity contribution in [3.05, 3.63) is 42.0 Å². The summed E-state index contributed by atoms with van der Waals surface area (Å²) in [6.45, 7) is 1.50. The second-order valence-corrected chi connectivity index (χ2v) is 6.44. The quantitative estimate of drug-likeness (QED) is 0.706. The van der Waals surface area contributed by atoms with Gasteiger partial charge in [-0.25, -0.2) is 4.98 Å². The number of nitrogens with one attached hydrogen (secondary N) is 1. The molecule has 1 aliphatic rings. The highest BCUT2D eigenvalue weighted by Crippen LogP contribution is 2.29. The van der Waals surface area contributed by atoms with E-state index in [1.54, 1.807) is 7.11 Å². The molecule has 0 radical (unpaired) electrons. The zero-order valence-electron chi connectivity index (χ0n) is 15.0. The van der Waals surface area contributed by atoms with Crippen molar-refractivity contribution in [1.29, 1.82) is 0 Å². The van der Waals surface area contributed by atoms with Crippen LogP contribution in [0, 0.1) is 0 Å². The van der Waals surface area contributed by atoms with E-state index >= 15 is 0 Å². The second kappa shape index (κ2) is 7.56. The summed E-state index contributed by atoms with van der Waals surface area (Å²) in [5.74, 6) is 2.51. The van der Waals surface area contributed by atoms with Gasteiger partial charge < -0.3 is 14.2 Å². The van der Waals surface area contributed by atoms with Crippen LogP contribution in [-0.4, -0.2) is 56.3 Å². The Morgan fingerprint density at radius 2 is 2.22 bits per heavy atom. The van der Waals surface area contributed by atoms with Crippen molar-refractivity contribution in [1.82, 2.24) is 30.2 Å². The van der Waals surface area contributed by atoms with Gasteiger partial charge >= 0.3 is 0 Å². The van der Waals surface area contributed by atoms with E-state index < -0.39 is 0 Å². The molecule has 3 aromatic rings. The number of hydrogen-bond donors (Lipinski definition) is 1. The molecule has 9 heteroatoms. The molecule has 3 heterocycles. The number of carbonyl (C=O) groups excluding carboxylic acids is 1. The van der Waals surface area contributed by atoms with Gasteiger partial charge in [0.1, 0.15) is 12.1 Å². The molecule has 4 rings (SSSR count). The lowest BCUT2D eigenvalue weighted by atomic mass is 9.98. The number of likely N-dealkylation sites (tertiary alicyclic amines) is 1. The van der Waals surface area contributed by atoms with Gasteiger partial charge in [0.2, 0.25) is 17.6 Å². The number of ether oxygens (including phenoxy) is 1. The normalized spacial score (nSPS) is 16.6. The van der Waals surface area contributed by atoms with Crippen LogP contribution >= 0.6 is 0 Å². The van der Waals surface area contributed by atoms with Gasteiger partial charge in [-0.2, -0.15) is 10.1 Å². The molecule has 140 valence electrons. The standard InChI is InChI=1S/C18H20N6O3/c1-26-14-4-2-12(3-5-14)13-8-9-24(10-13)16(25)7-6-15-21-18(23-27-15)17-19-11-20-22-17/h2-5,11,13H,6-10H2,1H3,(H,19,20,22). The van der Waals surface area contributed by atoms with Gasteiger partial charge in [0, 0.05) is 31.8 Å². The monoisotopic (exact) mass is 368 g/mol. The van der Waals surface area contributed by atoms with Gasteiger partial charge in [-0.3, -0.25) is 9.89 Å². The molecule has 1 aromatic carbocycles. The first kappa shape index (κ1) is 17.2. The van der Waals surface area contributed by atoms with E-state index in [2.05, 4.69) is 37.5 Å². The molecule has 1 aliphatic heterocycles. The van der Waals surface area contributed by atoms with Crippen LogP contribution in [0.15, 0.2) is 35.1 Å². The molecule has 27 heavy (non-hydrogen) atoms. The molecule has 9 nitrogen and oxygen atoms in total. The lowest BCUT2D eigenvalue weighted by molar-refractivity contribution is -0.130. The molecule has 1 unspecified atom stereocenters.